The normalized spacial score (nSPS) is 11.4. The lowest BCUT2D eigenvalue weighted by atomic mass is 10.1. The summed E-state index contributed by atoms with van der Waals surface area (Å²) < 4.78 is 5.67. The second kappa shape index (κ2) is 5.40. The van der Waals surface area contributed by atoms with Crippen LogP contribution >= 0.6 is 0 Å². The molecule has 0 aliphatic carbocycles. The molecule has 0 aliphatic rings. The molecule has 4 nitrogen and oxygen atoms in total. The van der Waals surface area contributed by atoms with Gasteiger partial charge in [0, 0.05) is 7.05 Å². The van der Waals surface area contributed by atoms with Gasteiger partial charge in [0.15, 0.2) is 5.58 Å². The summed E-state index contributed by atoms with van der Waals surface area (Å²) in [5.74, 6) is 0. The molecule has 0 spiro atoms. The van der Waals surface area contributed by atoms with Crippen LogP contribution in [0.3, 0.4) is 0 Å². The number of aromatic nitrogens is 1. The molecule has 0 radical (unpaired) electrons. The SMILES string of the molecule is Cc1ccc(C)c(C=NN(C)c2nc3ccccc3o2)c1. The summed E-state index contributed by atoms with van der Waals surface area (Å²) in [7, 11) is 1.83. The van der Waals surface area contributed by atoms with Gasteiger partial charge in [-0.15, -0.1) is 0 Å². The number of aryl methyl sites for hydroxylation is 2. The highest BCUT2D eigenvalue weighted by molar-refractivity contribution is 5.82. The largest absolute Gasteiger partial charge is 0.422 e. The number of hydrogen-bond acceptors (Lipinski definition) is 4. The lowest BCUT2D eigenvalue weighted by Crippen LogP contribution is -2.09. The van der Waals surface area contributed by atoms with Gasteiger partial charge in [0.05, 0.1) is 6.21 Å². The van der Waals surface area contributed by atoms with Crippen molar-refractivity contribution < 1.29 is 4.42 Å². The van der Waals surface area contributed by atoms with Crippen LogP contribution in [-0.4, -0.2) is 18.2 Å². The minimum absolute atomic E-state index is 0.484. The average molecular weight is 279 g/mol. The zero-order valence-electron chi connectivity index (χ0n) is 12.4. The van der Waals surface area contributed by atoms with Crippen molar-refractivity contribution >= 4 is 23.3 Å². The van der Waals surface area contributed by atoms with Crippen molar-refractivity contribution in [1.82, 2.24) is 4.98 Å². The summed E-state index contributed by atoms with van der Waals surface area (Å²) in [6, 6.07) is 14.5. The summed E-state index contributed by atoms with van der Waals surface area (Å²) in [5.41, 5.74) is 5.10. The fourth-order valence-electron chi connectivity index (χ4n) is 2.10. The van der Waals surface area contributed by atoms with Gasteiger partial charge in [-0.1, -0.05) is 35.9 Å². The van der Waals surface area contributed by atoms with E-state index in [-0.39, 0.29) is 0 Å². The lowest BCUT2D eigenvalue weighted by Gasteiger charge is -2.07. The maximum absolute atomic E-state index is 5.67. The number of rotatable bonds is 3. The number of nitrogens with zero attached hydrogens (tertiary/aromatic N) is 3. The van der Waals surface area contributed by atoms with Crippen molar-refractivity contribution in [3.63, 3.8) is 0 Å². The molecule has 0 saturated carbocycles. The van der Waals surface area contributed by atoms with E-state index in [0.717, 1.165) is 16.7 Å². The van der Waals surface area contributed by atoms with Gasteiger partial charge in [-0.3, -0.25) is 0 Å². The maximum atomic E-state index is 5.67. The van der Waals surface area contributed by atoms with Gasteiger partial charge in [0.25, 0.3) is 0 Å². The van der Waals surface area contributed by atoms with E-state index < -0.39 is 0 Å². The predicted octanol–water partition coefficient (Wildman–Crippen LogP) is 3.91. The Labute approximate surface area is 123 Å². The molecule has 1 heterocycles. The number of oxazole rings is 1. The molecular weight excluding hydrogens is 262 g/mol. The summed E-state index contributed by atoms with van der Waals surface area (Å²) in [6.45, 7) is 4.14. The number of hydrazone groups is 1. The number of fused-ring (bicyclic) bond motifs is 1. The van der Waals surface area contributed by atoms with Gasteiger partial charge in [-0.2, -0.15) is 10.1 Å². The Bertz CT molecular complexity index is 772. The third-order valence-corrected chi connectivity index (χ3v) is 3.36. The molecule has 21 heavy (non-hydrogen) atoms. The molecule has 0 amide bonds. The van der Waals surface area contributed by atoms with E-state index in [9.17, 15) is 0 Å². The molecule has 1 aromatic heterocycles. The molecule has 2 aromatic carbocycles. The molecule has 106 valence electrons. The molecule has 3 aromatic rings. The van der Waals surface area contributed by atoms with E-state index in [1.165, 1.54) is 11.1 Å². The molecule has 0 fully saturated rings. The Balaban J connectivity index is 1.86. The Hall–Kier alpha value is -2.62. The molecule has 4 heteroatoms. The summed E-state index contributed by atoms with van der Waals surface area (Å²) >= 11 is 0. The topological polar surface area (TPSA) is 41.6 Å². The first kappa shape index (κ1) is 13.4. The Morgan fingerprint density at radius 3 is 2.76 bits per heavy atom. The molecule has 0 unspecified atom stereocenters. The fraction of sp³-hybridized carbons (Fsp3) is 0.176. The Kier molecular flexibility index (Phi) is 3.44. The summed E-state index contributed by atoms with van der Waals surface area (Å²) in [6.07, 6.45) is 1.83. The quantitative estimate of drug-likeness (QED) is 0.539. The van der Waals surface area contributed by atoms with Crippen molar-refractivity contribution in [3.05, 3.63) is 59.2 Å². The minimum Gasteiger partial charge on any atom is -0.422 e. The van der Waals surface area contributed by atoms with E-state index in [1.807, 2.05) is 37.5 Å². The van der Waals surface area contributed by atoms with Crippen LogP contribution in [0.15, 0.2) is 52.0 Å². The van der Waals surface area contributed by atoms with Gasteiger partial charge in [0.1, 0.15) is 5.52 Å². The fourth-order valence-corrected chi connectivity index (χ4v) is 2.10. The van der Waals surface area contributed by atoms with E-state index in [2.05, 4.69) is 42.1 Å². The number of benzene rings is 2. The Morgan fingerprint density at radius 1 is 1.14 bits per heavy atom. The monoisotopic (exact) mass is 279 g/mol. The van der Waals surface area contributed by atoms with Crippen molar-refractivity contribution in [2.75, 3.05) is 12.1 Å². The van der Waals surface area contributed by atoms with Crippen LogP contribution in [0.4, 0.5) is 6.01 Å². The van der Waals surface area contributed by atoms with Crippen LogP contribution in [0.5, 0.6) is 0 Å². The van der Waals surface area contributed by atoms with Crippen LogP contribution in [0.2, 0.25) is 0 Å². The third-order valence-electron chi connectivity index (χ3n) is 3.36. The Morgan fingerprint density at radius 2 is 1.95 bits per heavy atom. The summed E-state index contributed by atoms with van der Waals surface area (Å²) in [4.78, 5) is 4.41. The van der Waals surface area contributed by atoms with Gasteiger partial charge in [-0.25, -0.2) is 5.01 Å². The number of hydrogen-bond donors (Lipinski definition) is 0. The van der Waals surface area contributed by atoms with Crippen molar-refractivity contribution in [1.29, 1.82) is 0 Å². The van der Waals surface area contributed by atoms with Crippen molar-refractivity contribution in [2.45, 2.75) is 13.8 Å². The van der Waals surface area contributed by atoms with E-state index in [1.54, 1.807) is 5.01 Å². The maximum Gasteiger partial charge on any atom is 0.319 e. The van der Waals surface area contributed by atoms with E-state index in [0.29, 0.717) is 6.01 Å². The smallest absolute Gasteiger partial charge is 0.319 e. The van der Waals surface area contributed by atoms with Crippen LogP contribution in [0.1, 0.15) is 16.7 Å². The van der Waals surface area contributed by atoms with Gasteiger partial charge in [-0.05, 0) is 37.1 Å². The molecule has 0 saturated heterocycles. The first-order valence-electron chi connectivity index (χ1n) is 6.84. The molecule has 0 bridgehead atoms. The third kappa shape index (κ3) is 2.79. The number of para-hydroxylation sites is 2. The lowest BCUT2D eigenvalue weighted by molar-refractivity contribution is 0.589. The standard InChI is InChI=1S/C17H17N3O/c1-12-8-9-13(2)14(10-12)11-18-20(3)17-19-15-6-4-5-7-16(15)21-17/h4-11H,1-3H3. The summed E-state index contributed by atoms with van der Waals surface area (Å²) in [5, 5.41) is 6.05. The van der Waals surface area contributed by atoms with Crippen molar-refractivity contribution in [2.24, 2.45) is 5.10 Å². The highest BCUT2D eigenvalue weighted by Crippen LogP contribution is 2.20. The molecule has 0 aliphatic heterocycles. The zero-order valence-corrected chi connectivity index (χ0v) is 12.4. The van der Waals surface area contributed by atoms with E-state index in [4.69, 9.17) is 4.42 Å². The average Bonchev–Trinajstić information content (AvgIpc) is 2.92. The number of anilines is 1. The first-order chi connectivity index (χ1) is 10.1. The first-order valence-corrected chi connectivity index (χ1v) is 6.84. The van der Waals surface area contributed by atoms with Gasteiger partial charge < -0.3 is 4.42 Å². The zero-order chi connectivity index (χ0) is 14.8. The highest BCUT2D eigenvalue weighted by Gasteiger charge is 2.08. The van der Waals surface area contributed by atoms with Crippen LogP contribution in [0, 0.1) is 13.8 Å². The predicted molar refractivity (Wildman–Crippen MR) is 85.9 cm³/mol. The second-order valence-electron chi connectivity index (χ2n) is 5.09. The van der Waals surface area contributed by atoms with Gasteiger partial charge in [0.2, 0.25) is 0 Å². The van der Waals surface area contributed by atoms with Crippen LogP contribution in [0.25, 0.3) is 11.1 Å². The molecule has 3 rings (SSSR count). The van der Waals surface area contributed by atoms with Crippen LogP contribution < -0.4 is 5.01 Å². The minimum atomic E-state index is 0.484. The van der Waals surface area contributed by atoms with E-state index >= 15 is 0 Å². The highest BCUT2D eigenvalue weighted by atomic mass is 16.4. The molecule has 0 N–H and O–H groups in total. The molecular formula is C17H17N3O. The van der Waals surface area contributed by atoms with Gasteiger partial charge >= 0.3 is 6.01 Å². The van der Waals surface area contributed by atoms with Crippen LogP contribution in [-0.2, 0) is 0 Å². The molecule has 0 atom stereocenters. The second-order valence-corrected chi connectivity index (χ2v) is 5.09. The van der Waals surface area contributed by atoms with Crippen molar-refractivity contribution in [3.8, 4) is 0 Å².